The molecule has 0 unspecified atom stereocenters. The van der Waals surface area contributed by atoms with Gasteiger partial charge in [-0.25, -0.2) is 9.18 Å². The van der Waals surface area contributed by atoms with E-state index in [9.17, 15) is 9.18 Å². The largest absolute Gasteiger partial charge is 0.497 e. The lowest BCUT2D eigenvalue weighted by atomic mass is 9.99. The van der Waals surface area contributed by atoms with Gasteiger partial charge in [0, 0.05) is 16.1 Å². The molecule has 3 aromatic rings. The number of rotatable bonds is 3. The van der Waals surface area contributed by atoms with Crippen LogP contribution in [0.2, 0.25) is 5.02 Å². The van der Waals surface area contributed by atoms with Gasteiger partial charge in [-0.3, -0.25) is 0 Å². The minimum atomic E-state index is -1.08. The highest BCUT2D eigenvalue weighted by atomic mass is 35.5. The molecule has 3 aromatic carbocycles. The van der Waals surface area contributed by atoms with Gasteiger partial charge < -0.3 is 9.84 Å². The van der Waals surface area contributed by atoms with Crippen LogP contribution >= 0.6 is 11.6 Å². The molecular formula is C18H12ClFO3. The average Bonchev–Trinajstić information content (AvgIpc) is 2.53. The maximum atomic E-state index is 14.5. The van der Waals surface area contributed by atoms with E-state index in [2.05, 4.69) is 0 Å². The Labute approximate surface area is 136 Å². The molecule has 3 nitrogen and oxygen atoms in total. The Hall–Kier alpha value is -2.59. The number of fused-ring (bicyclic) bond motifs is 1. The van der Waals surface area contributed by atoms with Gasteiger partial charge in [0.15, 0.2) is 0 Å². The minimum absolute atomic E-state index is 0.0599. The maximum absolute atomic E-state index is 14.5. The highest BCUT2D eigenvalue weighted by Gasteiger charge is 2.13. The van der Waals surface area contributed by atoms with Crippen LogP contribution in [0.25, 0.3) is 21.9 Å². The Balaban J connectivity index is 2.16. The number of benzene rings is 3. The molecule has 3 rings (SSSR count). The minimum Gasteiger partial charge on any atom is -0.497 e. The van der Waals surface area contributed by atoms with E-state index in [0.717, 1.165) is 5.39 Å². The quantitative estimate of drug-likeness (QED) is 0.734. The summed E-state index contributed by atoms with van der Waals surface area (Å²) in [6.45, 7) is 0. The summed E-state index contributed by atoms with van der Waals surface area (Å²) in [7, 11) is 1.55. The first kappa shape index (κ1) is 15.3. The van der Waals surface area contributed by atoms with Crippen molar-refractivity contribution in [3.8, 4) is 16.9 Å². The number of hydrogen-bond donors (Lipinski definition) is 1. The van der Waals surface area contributed by atoms with Crippen molar-refractivity contribution < 1.29 is 19.0 Å². The fraction of sp³-hybridized carbons (Fsp3) is 0.0556. The number of methoxy groups -OCH3 is 1. The molecule has 0 aromatic heterocycles. The topological polar surface area (TPSA) is 46.5 Å². The Bertz CT molecular complexity index is 922. The molecule has 0 heterocycles. The van der Waals surface area contributed by atoms with Crippen LogP contribution in [0.1, 0.15) is 10.4 Å². The monoisotopic (exact) mass is 330 g/mol. The van der Waals surface area contributed by atoms with E-state index < -0.39 is 11.8 Å². The van der Waals surface area contributed by atoms with E-state index in [-0.39, 0.29) is 10.6 Å². The second-order valence-electron chi connectivity index (χ2n) is 5.04. The van der Waals surface area contributed by atoms with E-state index in [1.807, 2.05) is 6.07 Å². The molecule has 0 saturated heterocycles. The highest BCUT2D eigenvalue weighted by molar-refractivity contribution is 6.33. The molecule has 0 fully saturated rings. The van der Waals surface area contributed by atoms with Gasteiger partial charge in [-0.15, -0.1) is 0 Å². The molecule has 0 amide bonds. The summed E-state index contributed by atoms with van der Waals surface area (Å²) in [5, 5.41) is 10.7. The van der Waals surface area contributed by atoms with Crippen LogP contribution in [0, 0.1) is 5.82 Å². The van der Waals surface area contributed by atoms with Crippen molar-refractivity contribution in [3.63, 3.8) is 0 Å². The van der Waals surface area contributed by atoms with Crippen LogP contribution in [-0.2, 0) is 0 Å². The maximum Gasteiger partial charge on any atom is 0.335 e. The summed E-state index contributed by atoms with van der Waals surface area (Å²) in [4.78, 5) is 11.0. The second-order valence-corrected chi connectivity index (χ2v) is 5.45. The molecule has 0 aliphatic heterocycles. The zero-order valence-electron chi connectivity index (χ0n) is 12.1. The first-order chi connectivity index (χ1) is 11.0. The van der Waals surface area contributed by atoms with Crippen molar-refractivity contribution in [1.29, 1.82) is 0 Å². The van der Waals surface area contributed by atoms with Gasteiger partial charge in [0.05, 0.1) is 12.7 Å². The van der Waals surface area contributed by atoms with Gasteiger partial charge in [-0.1, -0.05) is 23.7 Å². The van der Waals surface area contributed by atoms with Gasteiger partial charge >= 0.3 is 5.97 Å². The molecular weight excluding hydrogens is 319 g/mol. The fourth-order valence-corrected chi connectivity index (χ4v) is 2.73. The van der Waals surface area contributed by atoms with E-state index in [1.54, 1.807) is 25.3 Å². The standard InChI is InChI=1S/C18H12ClFO3/c1-23-13-4-2-10-7-15(17(20)9-12(10)6-13)14-5-3-11(18(21)22)8-16(14)19/h2-9H,1H3,(H,21,22). The Morgan fingerprint density at radius 1 is 1.04 bits per heavy atom. The van der Waals surface area contributed by atoms with Gasteiger partial charge in [-0.2, -0.15) is 0 Å². The van der Waals surface area contributed by atoms with Crippen LogP contribution in [0.3, 0.4) is 0 Å². The average molecular weight is 331 g/mol. The third kappa shape index (κ3) is 2.85. The normalized spacial score (nSPS) is 10.7. The lowest BCUT2D eigenvalue weighted by molar-refractivity contribution is 0.0697. The number of carboxylic acids is 1. The van der Waals surface area contributed by atoms with Crippen LogP contribution in [0.4, 0.5) is 4.39 Å². The summed E-state index contributed by atoms with van der Waals surface area (Å²) >= 11 is 6.13. The molecule has 5 heteroatoms. The first-order valence-electron chi connectivity index (χ1n) is 6.80. The number of carboxylic acid groups (broad SMARTS) is 1. The van der Waals surface area contributed by atoms with Gasteiger partial charge in [0.25, 0.3) is 0 Å². The predicted octanol–water partition coefficient (Wildman–Crippen LogP) is 5.01. The van der Waals surface area contributed by atoms with Gasteiger partial charge in [0.2, 0.25) is 0 Å². The number of halogens is 2. The zero-order chi connectivity index (χ0) is 16.6. The van der Waals surface area contributed by atoms with Crippen molar-refractivity contribution in [2.45, 2.75) is 0 Å². The van der Waals surface area contributed by atoms with E-state index in [0.29, 0.717) is 22.3 Å². The molecule has 0 bridgehead atoms. The van der Waals surface area contributed by atoms with Gasteiger partial charge in [-0.05, 0) is 47.2 Å². The SMILES string of the molecule is COc1ccc2cc(-c3ccc(C(=O)O)cc3Cl)c(F)cc2c1. The third-order valence-electron chi connectivity index (χ3n) is 3.64. The van der Waals surface area contributed by atoms with Crippen molar-refractivity contribution in [1.82, 2.24) is 0 Å². The summed E-state index contributed by atoms with van der Waals surface area (Å²) in [6, 6.07) is 12.7. The van der Waals surface area contributed by atoms with Crippen molar-refractivity contribution in [2.75, 3.05) is 7.11 Å². The zero-order valence-corrected chi connectivity index (χ0v) is 12.9. The summed E-state index contributed by atoms with van der Waals surface area (Å²) in [5.41, 5.74) is 0.834. The molecule has 0 radical (unpaired) electrons. The lowest BCUT2D eigenvalue weighted by Gasteiger charge is -2.10. The molecule has 0 saturated carbocycles. The number of aromatic carboxylic acids is 1. The molecule has 0 aliphatic carbocycles. The van der Waals surface area contributed by atoms with Crippen molar-refractivity contribution in [3.05, 3.63) is 64.9 Å². The van der Waals surface area contributed by atoms with Crippen molar-refractivity contribution in [2.24, 2.45) is 0 Å². The Morgan fingerprint density at radius 3 is 2.48 bits per heavy atom. The van der Waals surface area contributed by atoms with E-state index in [4.69, 9.17) is 21.4 Å². The summed E-state index contributed by atoms with van der Waals surface area (Å²) in [6.07, 6.45) is 0. The lowest BCUT2D eigenvalue weighted by Crippen LogP contribution is -1.96. The smallest absolute Gasteiger partial charge is 0.335 e. The second kappa shape index (κ2) is 5.89. The van der Waals surface area contributed by atoms with E-state index >= 15 is 0 Å². The molecule has 23 heavy (non-hydrogen) atoms. The Kier molecular flexibility index (Phi) is 3.92. The number of ether oxygens (including phenoxy) is 1. The third-order valence-corrected chi connectivity index (χ3v) is 3.95. The molecule has 116 valence electrons. The molecule has 1 N–H and O–H groups in total. The number of hydrogen-bond acceptors (Lipinski definition) is 2. The van der Waals surface area contributed by atoms with Gasteiger partial charge in [0.1, 0.15) is 11.6 Å². The molecule has 0 atom stereocenters. The summed E-state index contributed by atoms with van der Waals surface area (Å²) in [5.74, 6) is -0.867. The Morgan fingerprint density at radius 2 is 1.83 bits per heavy atom. The van der Waals surface area contributed by atoms with Crippen LogP contribution in [0.15, 0.2) is 48.5 Å². The van der Waals surface area contributed by atoms with Crippen LogP contribution in [-0.4, -0.2) is 18.2 Å². The fourth-order valence-electron chi connectivity index (χ4n) is 2.45. The van der Waals surface area contributed by atoms with E-state index in [1.165, 1.54) is 24.3 Å². The van der Waals surface area contributed by atoms with Crippen LogP contribution in [0.5, 0.6) is 5.75 Å². The first-order valence-corrected chi connectivity index (χ1v) is 7.18. The molecule has 0 spiro atoms. The highest BCUT2D eigenvalue weighted by Crippen LogP contribution is 2.34. The predicted molar refractivity (Wildman–Crippen MR) is 87.9 cm³/mol. The number of carbonyl (C=O) groups is 1. The molecule has 0 aliphatic rings. The van der Waals surface area contributed by atoms with Crippen LogP contribution < -0.4 is 4.74 Å². The summed E-state index contributed by atoms with van der Waals surface area (Å²) < 4.78 is 19.6. The van der Waals surface area contributed by atoms with Crippen molar-refractivity contribution >= 4 is 28.3 Å².